The van der Waals surface area contributed by atoms with Gasteiger partial charge >= 0.3 is 6.09 Å². The van der Waals surface area contributed by atoms with Gasteiger partial charge in [-0.1, -0.05) is 18.2 Å². The molecule has 1 rings (SSSR count). The molecule has 0 heterocycles. The van der Waals surface area contributed by atoms with Crippen molar-refractivity contribution in [1.82, 2.24) is 5.32 Å². The number of sulfone groups is 1. The monoisotopic (exact) mass is 434 g/mol. The maximum absolute atomic E-state index is 15.5. The highest BCUT2D eigenvalue weighted by Gasteiger charge is 2.59. The average Bonchev–Trinajstić information content (AvgIpc) is 2.51. The van der Waals surface area contributed by atoms with Crippen LogP contribution in [-0.2, 0) is 20.1 Å². The van der Waals surface area contributed by atoms with Gasteiger partial charge in [0.1, 0.15) is 17.0 Å². The maximum Gasteiger partial charge on any atom is 0.408 e. The Morgan fingerprint density at radius 3 is 2.10 bits per heavy atom. The summed E-state index contributed by atoms with van der Waals surface area (Å²) >= 11 is 0. The highest BCUT2D eigenvalue weighted by Crippen LogP contribution is 2.45. The molecule has 162 valence electrons. The molecule has 0 saturated heterocycles. The predicted octanol–water partition coefficient (Wildman–Crippen LogP) is 3.92. The lowest BCUT2D eigenvalue weighted by Crippen LogP contribution is -2.59. The second kappa shape index (κ2) is 7.86. The molecule has 6 nitrogen and oxygen atoms in total. The number of benzene rings is 1. The number of hydrogen-bond donors (Lipinski definition) is 1. The van der Waals surface area contributed by atoms with E-state index in [9.17, 15) is 22.9 Å². The highest BCUT2D eigenvalue weighted by molar-refractivity contribution is 7.92. The van der Waals surface area contributed by atoms with Gasteiger partial charge < -0.3 is 10.1 Å². The first-order valence-electron chi connectivity index (χ1n) is 8.63. The fourth-order valence-electron chi connectivity index (χ4n) is 2.58. The molecule has 0 aliphatic heterocycles. The Kier molecular flexibility index (Phi) is 6.71. The third-order valence-corrected chi connectivity index (χ3v) is 6.38. The van der Waals surface area contributed by atoms with Crippen molar-refractivity contribution in [2.45, 2.75) is 62.8 Å². The highest BCUT2D eigenvalue weighted by atomic mass is 32.2. The van der Waals surface area contributed by atoms with Gasteiger partial charge in [0.25, 0.3) is 5.92 Å². The molecule has 1 amide bonds. The Bertz CT molecular complexity index is 922. The van der Waals surface area contributed by atoms with Gasteiger partial charge in [0.15, 0.2) is 14.6 Å². The fourth-order valence-corrected chi connectivity index (χ4v) is 3.19. The first kappa shape index (κ1) is 24.8. The average molecular weight is 434 g/mol. The number of halogens is 3. The van der Waals surface area contributed by atoms with E-state index in [2.05, 4.69) is 0 Å². The summed E-state index contributed by atoms with van der Waals surface area (Å²) in [6.07, 6.45) is -2.06. The van der Waals surface area contributed by atoms with Gasteiger partial charge in [-0.3, -0.25) is 0 Å². The number of nitrogens with zero attached hydrogens (tertiary/aromatic N) is 1. The van der Waals surface area contributed by atoms with E-state index in [4.69, 9.17) is 4.74 Å². The standard InChI is InChI=1S/C19H25F3N2O4S/c1-16(2,3)28-15(25)24-18(5,13-9-7-8-10-14(13)20)19(21,22)11-17(4,12-23)29(6,26)27/h7-10H,11H2,1-6H3,(H,24,25)/t17?,18-/m1/s1. The zero-order valence-electron chi connectivity index (χ0n) is 17.1. The first-order valence-corrected chi connectivity index (χ1v) is 10.5. The van der Waals surface area contributed by atoms with Crippen LogP contribution in [0.25, 0.3) is 0 Å². The molecule has 1 aromatic carbocycles. The lowest BCUT2D eigenvalue weighted by molar-refractivity contribution is -0.0982. The van der Waals surface area contributed by atoms with Gasteiger partial charge in [-0.15, -0.1) is 0 Å². The van der Waals surface area contributed by atoms with Crippen LogP contribution in [0.5, 0.6) is 0 Å². The van der Waals surface area contributed by atoms with E-state index in [0.717, 1.165) is 26.0 Å². The molecule has 0 radical (unpaired) electrons. The molecule has 0 fully saturated rings. The summed E-state index contributed by atoms with van der Waals surface area (Å²) in [5.41, 5.74) is -4.31. The normalized spacial score (nSPS) is 16.8. The number of rotatable bonds is 6. The largest absolute Gasteiger partial charge is 0.444 e. The third-order valence-electron chi connectivity index (χ3n) is 4.51. The van der Waals surface area contributed by atoms with E-state index in [1.807, 2.05) is 5.32 Å². The molecule has 29 heavy (non-hydrogen) atoms. The Morgan fingerprint density at radius 1 is 1.17 bits per heavy atom. The van der Waals surface area contributed by atoms with E-state index in [0.29, 0.717) is 6.26 Å². The second-order valence-electron chi connectivity index (χ2n) is 8.23. The number of nitriles is 1. The van der Waals surface area contributed by atoms with Crippen LogP contribution in [0.4, 0.5) is 18.0 Å². The van der Waals surface area contributed by atoms with Crippen molar-refractivity contribution in [3.63, 3.8) is 0 Å². The Balaban J connectivity index is 3.57. The summed E-state index contributed by atoms with van der Waals surface area (Å²) in [6.45, 7) is 6.26. The quantitative estimate of drug-likeness (QED) is 0.732. The SMILES string of the molecule is CC(C)(C)OC(=O)N[C@](C)(c1ccccc1F)C(F)(F)CC(C)(C#N)S(C)(=O)=O. The van der Waals surface area contributed by atoms with E-state index in [-0.39, 0.29) is 0 Å². The summed E-state index contributed by atoms with van der Waals surface area (Å²) in [6, 6.07) is 5.95. The number of alkyl halides is 2. The van der Waals surface area contributed by atoms with Crippen molar-refractivity contribution in [3.8, 4) is 6.07 Å². The van der Waals surface area contributed by atoms with Crippen molar-refractivity contribution in [3.05, 3.63) is 35.6 Å². The smallest absolute Gasteiger partial charge is 0.408 e. The summed E-state index contributed by atoms with van der Waals surface area (Å²) < 4.78 is 71.9. The first-order chi connectivity index (χ1) is 12.9. The predicted molar refractivity (Wildman–Crippen MR) is 102 cm³/mol. The van der Waals surface area contributed by atoms with Crippen LogP contribution >= 0.6 is 0 Å². The molecule has 0 spiro atoms. The fraction of sp³-hybridized carbons (Fsp3) is 0.579. The van der Waals surface area contributed by atoms with Crippen LogP contribution in [0.15, 0.2) is 24.3 Å². The van der Waals surface area contributed by atoms with E-state index in [1.54, 1.807) is 0 Å². The number of ether oxygens (including phenoxy) is 1. The summed E-state index contributed by atoms with van der Waals surface area (Å²) in [4.78, 5) is 12.3. The number of hydrogen-bond acceptors (Lipinski definition) is 5. The Labute approximate surface area is 169 Å². The minimum atomic E-state index is -4.24. The van der Waals surface area contributed by atoms with Crippen molar-refractivity contribution >= 4 is 15.9 Å². The van der Waals surface area contributed by atoms with Gasteiger partial charge in [-0.05, 0) is 40.7 Å². The summed E-state index contributed by atoms with van der Waals surface area (Å²) in [5.74, 6) is -5.09. The minimum Gasteiger partial charge on any atom is -0.444 e. The maximum atomic E-state index is 15.5. The minimum absolute atomic E-state index is 0.579. The van der Waals surface area contributed by atoms with E-state index >= 15 is 8.78 Å². The van der Waals surface area contributed by atoms with Gasteiger partial charge in [-0.25, -0.2) is 26.4 Å². The van der Waals surface area contributed by atoms with E-state index in [1.165, 1.54) is 39.0 Å². The zero-order chi connectivity index (χ0) is 22.9. The topological polar surface area (TPSA) is 96.3 Å². The third kappa shape index (κ3) is 5.41. The van der Waals surface area contributed by atoms with Crippen molar-refractivity contribution in [2.24, 2.45) is 0 Å². The molecular weight excluding hydrogens is 409 g/mol. The van der Waals surface area contributed by atoms with Crippen molar-refractivity contribution in [2.75, 3.05) is 6.26 Å². The molecule has 0 aromatic heterocycles. The van der Waals surface area contributed by atoms with Crippen LogP contribution in [0.1, 0.15) is 46.6 Å². The number of alkyl carbamates (subject to hydrolysis) is 1. The van der Waals surface area contributed by atoms with Gasteiger partial charge in [0, 0.05) is 18.2 Å². The molecule has 10 heteroatoms. The van der Waals surface area contributed by atoms with Crippen molar-refractivity contribution in [1.29, 1.82) is 5.26 Å². The molecule has 0 saturated carbocycles. The van der Waals surface area contributed by atoms with Crippen LogP contribution < -0.4 is 5.32 Å². The number of carbonyl (C=O) groups is 1. The second-order valence-corrected chi connectivity index (χ2v) is 10.7. The van der Waals surface area contributed by atoms with Crippen LogP contribution in [-0.4, -0.2) is 37.0 Å². The van der Waals surface area contributed by atoms with Crippen LogP contribution in [0.3, 0.4) is 0 Å². The Morgan fingerprint density at radius 2 is 1.69 bits per heavy atom. The molecule has 1 aromatic rings. The summed E-state index contributed by atoms with van der Waals surface area (Å²) in [5, 5.41) is 11.3. The molecule has 1 unspecified atom stereocenters. The molecule has 1 N–H and O–H groups in total. The summed E-state index contributed by atoms with van der Waals surface area (Å²) in [7, 11) is -4.24. The van der Waals surface area contributed by atoms with Crippen LogP contribution in [0.2, 0.25) is 0 Å². The molecular formula is C19H25F3N2O4S. The van der Waals surface area contributed by atoms with E-state index < -0.39 is 55.5 Å². The molecule has 2 atom stereocenters. The van der Waals surface area contributed by atoms with Gasteiger partial charge in [-0.2, -0.15) is 5.26 Å². The number of nitrogens with one attached hydrogen (secondary N) is 1. The number of carbonyl (C=O) groups excluding carboxylic acids is 1. The Hall–Kier alpha value is -2.28. The molecule has 0 aliphatic rings. The van der Waals surface area contributed by atoms with Crippen LogP contribution in [0, 0.1) is 17.1 Å². The van der Waals surface area contributed by atoms with Crippen molar-refractivity contribution < 1.29 is 31.1 Å². The number of amides is 1. The lowest BCUT2D eigenvalue weighted by Gasteiger charge is -2.41. The zero-order valence-corrected chi connectivity index (χ0v) is 18.0. The molecule has 0 bridgehead atoms. The van der Waals surface area contributed by atoms with Gasteiger partial charge in [0.2, 0.25) is 0 Å². The van der Waals surface area contributed by atoms with Gasteiger partial charge in [0.05, 0.1) is 6.07 Å². The molecule has 0 aliphatic carbocycles. The lowest BCUT2D eigenvalue weighted by atomic mass is 9.81.